The zero-order chi connectivity index (χ0) is 13.2. The predicted molar refractivity (Wildman–Crippen MR) is 72.3 cm³/mol. The summed E-state index contributed by atoms with van der Waals surface area (Å²) in [6.07, 6.45) is 1.10. The lowest BCUT2D eigenvalue weighted by Gasteiger charge is -2.16. The predicted octanol–water partition coefficient (Wildman–Crippen LogP) is 0.706. The average molecular weight is 250 g/mol. The van der Waals surface area contributed by atoms with E-state index in [1.807, 2.05) is 37.3 Å². The molecule has 4 nitrogen and oxygen atoms in total. The highest BCUT2D eigenvalue weighted by Gasteiger charge is 2.11. The maximum atomic E-state index is 11.6. The van der Waals surface area contributed by atoms with Crippen LogP contribution in [0.4, 0.5) is 0 Å². The molecule has 0 bridgehead atoms. The maximum absolute atomic E-state index is 11.6. The van der Waals surface area contributed by atoms with Crippen molar-refractivity contribution < 1.29 is 9.90 Å². The average Bonchev–Trinajstić information content (AvgIpc) is 2.39. The minimum Gasteiger partial charge on any atom is -0.394 e. The van der Waals surface area contributed by atoms with Crippen LogP contribution >= 0.6 is 0 Å². The third kappa shape index (κ3) is 5.80. The van der Waals surface area contributed by atoms with Crippen molar-refractivity contribution in [2.45, 2.75) is 25.8 Å². The number of hydrogen-bond acceptors (Lipinski definition) is 3. The van der Waals surface area contributed by atoms with Crippen molar-refractivity contribution in [1.82, 2.24) is 10.6 Å². The molecule has 1 atom stereocenters. The summed E-state index contributed by atoms with van der Waals surface area (Å²) in [6, 6.07) is 9.64. The van der Waals surface area contributed by atoms with Crippen LogP contribution in [0.15, 0.2) is 30.3 Å². The summed E-state index contributed by atoms with van der Waals surface area (Å²) in [5.41, 5.74) is 1.11. The molecule has 18 heavy (non-hydrogen) atoms. The molecule has 0 fully saturated rings. The summed E-state index contributed by atoms with van der Waals surface area (Å²) in [7, 11) is 0. The van der Waals surface area contributed by atoms with E-state index in [0.29, 0.717) is 19.4 Å². The molecule has 1 aromatic carbocycles. The third-order valence-corrected chi connectivity index (χ3v) is 2.69. The van der Waals surface area contributed by atoms with Crippen molar-refractivity contribution in [2.75, 3.05) is 19.7 Å². The minimum absolute atomic E-state index is 0.0223. The summed E-state index contributed by atoms with van der Waals surface area (Å²) in [6.45, 7) is 3.50. The second-order valence-electron chi connectivity index (χ2n) is 4.24. The van der Waals surface area contributed by atoms with Crippen LogP contribution in [0.1, 0.15) is 18.9 Å². The summed E-state index contributed by atoms with van der Waals surface area (Å²) in [5.74, 6) is -0.0223. The van der Waals surface area contributed by atoms with Gasteiger partial charge in [0.15, 0.2) is 0 Å². The van der Waals surface area contributed by atoms with Gasteiger partial charge in [-0.2, -0.15) is 0 Å². The second-order valence-corrected chi connectivity index (χ2v) is 4.24. The van der Waals surface area contributed by atoms with Gasteiger partial charge in [-0.25, -0.2) is 0 Å². The minimum atomic E-state index is -0.207. The van der Waals surface area contributed by atoms with Crippen LogP contribution < -0.4 is 10.6 Å². The van der Waals surface area contributed by atoms with Gasteiger partial charge in [-0.3, -0.25) is 4.79 Å². The lowest BCUT2D eigenvalue weighted by molar-refractivity contribution is -0.122. The fourth-order valence-corrected chi connectivity index (χ4v) is 1.74. The number of nitrogens with one attached hydrogen (secondary N) is 2. The van der Waals surface area contributed by atoms with Gasteiger partial charge in [0, 0.05) is 13.0 Å². The molecule has 0 aliphatic carbocycles. The number of hydrogen-bond donors (Lipinski definition) is 3. The molecule has 1 amide bonds. The van der Waals surface area contributed by atoms with Crippen LogP contribution in [0, 0.1) is 0 Å². The lowest BCUT2D eigenvalue weighted by atomic mass is 10.1. The van der Waals surface area contributed by atoms with Gasteiger partial charge < -0.3 is 15.7 Å². The van der Waals surface area contributed by atoms with Crippen LogP contribution in [0.3, 0.4) is 0 Å². The van der Waals surface area contributed by atoms with Crippen LogP contribution in [-0.4, -0.2) is 36.8 Å². The van der Waals surface area contributed by atoms with Crippen molar-refractivity contribution >= 4 is 5.91 Å². The Labute approximate surface area is 108 Å². The Kier molecular flexibility index (Phi) is 7.06. The SMILES string of the molecule is CCNCCC(=O)NC(CO)Cc1ccccc1. The van der Waals surface area contributed by atoms with Gasteiger partial charge in [-0.05, 0) is 18.5 Å². The normalized spacial score (nSPS) is 12.1. The number of carbonyl (C=O) groups excluding carboxylic acids is 1. The van der Waals surface area contributed by atoms with E-state index in [1.54, 1.807) is 0 Å². The van der Waals surface area contributed by atoms with Crippen molar-refractivity contribution in [2.24, 2.45) is 0 Å². The molecule has 0 spiro atoms. The van der Waals surface area contributed by atoms with Crippen molar-refractivity contribution in [1.29, 1.82) is 0 Å². The zero-order valence-electron chi connectivity index (χ0n) is 10.9. The second kappa shape index (κ2) is 8.66. The van der Waals surface area contributed by atoms with Crippen molar-refractivity contribution in [3.8, 4) is 0 Å². The number of benzene rings is 1. The first-order valence-corrected chi connectivity index (χ1v) is 6.41. The van der Waals surface area contributed by atoms with Gasteiger partial charge in [0.2, 0.25) is 5.91 Å². The van der Waals surface area contributed by atoms with Crippen LogP contribution in [0.2, 0.25) is 0 Å². The molecule has 1 unspecified atom stereocenters. The van der Waals surface area contributed by atoms with Gasteiger partial charge in [-0.1, -0.05) is 37.3 Å². The van der Waals surface area contributed by atoms with E-state index >= 15 is 0 Å². The third-order valence-electron chi connectivity index (χ3n) is 2.69. The Hall–Kier alpha value is -1.39. The quantitative estimate of drug-likeness (QED) is 0.595. The zero-order valence-corrected chi connectivity index (χ0v) is 10.9. The lowest BCUT2D eigenvalue weighted by Crippen LogP contribution is -2.40. The Morgan fingerprint density at radius 1 is 1.33 bits per heavy atom. The molecule has 0 saturated heterocycles. The molecule has 0 heterocycles. The van der Waals surface area contributed by atoms with Gasteiger partial charge in [0.05, 0.1) is 12.6 Å². The number of aliphatic hydroxyl groups excluding tert-OH is 1. The Balaban J connectivity index is 2.35. The van der Waals surface area contributed by atoms with Gasteiger partial charge in [-0.15, -0.1) is 0 Å². The first kappa shape index (κ1) is 14.7. The summed E-state index contributed by atoms with van der Waals surface area (Å²) >= 11 is 0. The fourth-order valence-electron chi connectivity index (χ4n) is 1.74. The summed E-state index contributed by atoms with van der Waals surface area (Å²) in [5, 5.41) is 15.2. The molecule has 0 aromatic heterocycles. The van der Waals surface area contributed by atoms with E-state index in [-0.39, 0.29) is 18.6 Å². The van der Waals surface area contributed by atoms with Crippen molar-refractivity contribution in [3.05, 3.63) is 35.9 Å². The molecule has 0 radical (unpaired) electrons. The topological polar surface area (TPSA) is 61.4 Å². The Bertz CT molecular complexity index is 341. The maximum Gasteiger partial charge on any atom is 0.221 e. The highest BCUT2D eigenvalue weighted by atomic mass is 16.3. The smallest absolute Gasteiger partial charge is 0.221 e. The number of rotatable bonds is 8. The van der Waals surface area contributed by atoms with E-state index in [4.69, 9.17) is 0 Å². The van der Waals surface area contributed by atoms with E-state index in [9.17, 15) is 9.90 Å². The standard InChI is InChI=1S/C14H22N2O2/c1-2-15-9-8-14(18)16-13(11-17)10-12-6-4-3-5-7-12/h3-7,13,15,17H,2,8-11H2,1H3,(H,16,18). The fraction of sp³-hybridized carbons (Fsp3) is 0.500. The molecule has 0 aliphatic heterocycles. The van der Waals surface area contributed by atoms with E-state index in [2.05, 4.69) is 10.6 Å². The number of aliphatic hydroxyl groups is 1. The largest absolute Gasteiger partial charge is 0.394 e. The van der Waals surface area contributed by atoms with Gasteiger partial charge >= 0.3 is 0 Å². The first-order chi connectivity index (χ1) is 8.76. The van der Waals surface area contributed by atoms with E-state index < -0.39 is 0 Å². The molecule has 4 heteroatoms. The van der Waals surface area contributed by atoms with Gasteiger partial charge in [0.25, 0.3) is 0 Å². The van der Waals surface area contributed by atoms with Crippen molar-refractivity contribution in [3.63, 3.8) is 0 Å². The monoisotopic (exact) mass is 250 g/mol. The molecule has 0 aliphatic rings. The Morgan fingerprint density at radius 2 is 2.06 bits per heavy atom. The molecule has 3 N–H and O–H groups in total. The Morgan fingerprint density at radius 3 is 2.67 bits per heavy atom. The molecular formula is C14H22N2O2. The molecule has 1 rings (SSSR count). The molecule has 100 valence electrons. The molecule has 0 saturated carbocycles. The highest BCUT2D eigenvalue weighted by Crippen LogP contribution is 2.03. The molecular weight excluding hydrogens is 228 g/mol. The van der Waals surface area contributed by atoms with Crippen LogP contribution in [0.25, 0.3) is 0 Å². The number of carbonyl (C=O) groups is 1. The van der Waals surface area contributed by atoms with Crippen LogP contribution in [-0.2, 0) is 11.2 Å². The summed E-state index contributed by atoms with van der Waals surface area (Å²) in [4.78, 5) is 11.6. The van der Waals surface area contributed by atoms with E-state index in [1.165, 1.54) is 0 Å². The van der Waals surface area contributed by atoms with Crippen LogP contribution in [0.5, 0.6) is 0 Å². The highest BCUT2D eigenvalue weighted by molar-refractivity contribution is 5.76. The van der Waals surface area contributed by atoms with E-state index in [0.717, 1.165) is 12.1 Å². The molecule has 1 aromatic rings. The number of amides is 1. The first-order valence-electron chi connectivity index (χ1n) is 6.41. The van der Waals surface area contributed by atoms with Gasteiger partial charge in [0.1, 0.15) is 0 Å². The summed E-state index contributed by atoms with van der Waals surface area (Å²) < 4.78 is 0.